The van der Waals surface area contributed by atoms with Crippen molar-refractivity contribution >= 4 is 23.2 Å². The highest BCUT2D eigenvalue weighted by atomic mass is 32.1. The highest BCUT2D eigenvalue weighted by Crippen LogP contribution is 2.22. The summed E-state index contributed by atoms with van der Waals surface area (Å²) in [6, 6.07) is 5.95. The van der Waals surface area contributed by atoms with Gasteiger partial charge >= 0.3 is 0 Å². The maximum absolute atomic E-state index is 13.7. The molecule has 1 saturated carbocycles. The van der Waals surface area contributed by atoms with E-state index in [-0.39, 0.29) is 36.3 Å². The highest BCUT2D eigenvalue weighted by molar-refractivity contribution is 7.09. The van der Waals surface area contributed by atoms with Gasteiger partial charge in [0, 0.05) is 22.9 Å². The molecule has 0 aliphatic heterocycles. The molecule has 2 N–H and O–H groups in total. The van der Waals surface area contributed by atoms with Crippen LogP contribution in [0.15, 0.2) is 29.6 Å². The Hall–Kier alpha value is -2.48. The number of rotatable bonds is 6. The van der Waals surface area contributed by atoms with Crippen LogP contribution < -0.4 is 15.4 Å². The van der Waals surface area contributed by atoms with Crippen LogP contribution in [-0.4, -0.2) is 28.9 Å². The number of benzene rings is 1. The quantitative estimate of drug-likeness (QED) is 0.720. The third kappa shape index (κ3) is 5.78. The lowest BCUT2D eigenvalue weighted by Crippen LogP contribution is -2.55. The summed E-state index contributed by atoms with van der Waals surface area (Å²) < 4.78 is 19.1. The van der Waals surface area contributed by atoms with Gasteiger partial charge in [-0.3, -0.25) is 9.59 Å². The number of carbonyl (C=O) groups excluding carboxylic acids is 2. The molecule has 2 amide bonds. The van der Waals surface area contributed by atoms with Crippen molar-refractivity contribution < 1.29 is 18.7 Å². The lowest BCUT2D eigenvalue weighted by molar-refractivity contribution is -0.129. The zero-order valence-electron chi connectivity index (χ0n) is 17.5. The first-order valence-corrected chi connectivity index (χ1v) is 11.1. The van der Waals surface area contributed by atoms with Crippen LogP contribution in [0.5, 0.6) is 5.75 Å². The van der Waals surface area contributed by atoms with Crippen LogP contribution in [0.25, 0.3) is 0 Å². The fourth-order valence-corrected chi connectivity index (χ4v) is 3.97. The largest absolute Gasteiger partial charge is 0.483 e. The number of para-hydroxylation sites is 1. The van der Waals surface area contributed by atoms with Crippen molar-refractivity contribution in [1.82, 2.24) is 15.6 Å². The van der Waals surface area contributed by atoms with Gasteiger partial charge in [0.1, 0.15) is 17.3 Å². The van der Waals surface area contributed by atoms with Gasteiger partial charge in [0.2, 0.25) is 5.91 Å². The van der Waals surface area contributed by atoms with Gasteiger partial charge in [-0.2, -0.15) is 0 Å². The number of hydrogen-bond acceptors (Lipinski definition) is 5. The first kappa shape index (κ1) is 22.2. The molecule has 1 aliphatic rings. The molecule has 1 aromatic carbocycles. The molecule has 0 saturated heterocycles. The summed E-state index contributed by atoms with van der Waals surface area (Å²) in [6.45, 7) is 5.71. The number of thiazole rings is 1. The van der Waals surface area contributed by atoms with E-state index in [1.807, 2.05) is 20.8 Å². The summed E-state index contributed by atoms with van der Waals surface area (Å²) in [5.41, 5.74) is -0.174. The topological polar surface area (TPSA) is 80.3 Å². The molecular weight excluding hydrogens is 405 g/mol. The molecule has 6 nitrogen and oxygen atoms in total. The molecule has 0 spiro atoms. The van der Waals surface area contributed by atoms with Gasteiger partial charge in [0.05, 0.1) is 0 Å². The first-order valence-electron chi connectivity index (χ1n) is 10.2. The van der Waals surface area contributed by atoms with Crippen LogP contribution in [-0.2, 0) is 11.4 Å². The molecule has 1 aliphatic carbocycles. The average molecular weight is 434 g/mol. The standard InChI is InChI=1S/C22H28FN3O3S/c1-22(2,3)21(28)26-16-10-6-5-9-15(16)25-20(27)17-13-30-19(24-17)12-29-18-11-7-4-8-14(18)23/h4,7-8,11,13,15-16H,5-6,9-10,12H2,1-3H3,(H,25,27)(H,26,28)/t15-,16+/m1/s1. The smallest absolute Gasteiger partial charge is 0.271 e. The summed E-state index contributed by atoms with van der Waals surface area (Å²) >= 11 is 1.29. The molecule has 8 heteroatoms. The third-order valence-corrected chi connectivity index (χ3v) is 5.87. The second-order valence-corrected chi connectivity index (χ2v) is 9.48. The molecule has 0 radical (unpaired) electrons. The Morgan fingerprint density at radius 2 is 1.83 bits per heavy atom. The lowest BCUT2D eigenvalue weighted by Gasteiger charge is -2.34. The van der Waals surface area contributed by atoms with E-state index in [0.29, 0.717) is 10.7 Å². The van der Waals surface area contributed by atoms with E-state index in [1.54, 1.807) is 23.6 Å². The zero-order chi connectivity index (χ0) is 21.7. The van der Waals surface area contributed by atoms with Gasteiger partial charge < -0.3 is 15.4 Å². The Bertz CT molecular complexity index is 894. The van der Waals surface area contributed by atoms with Crippen LogP contribution in [0.3, 0.4) is 0 Å². The number of amides is 2. The summed E-state index contributed by atoms with van der Waals surface area (Å²) in [5.74, 6) is -0.578. The number of carbonyl (C=O) groups is 2. The van der Waals surface area contributed by atoms with Crippen molar-refractivity contribution in [3.8, 4) is 5.75 Å². The van der Waals surface area contributed by atoms with Crippen molar-refractivity contribution in [1.29, 1.82) is 0 Å². The molecule has 1 heterocycles. The summed E-state index contributed by atoms with van der Waals surface area (Å²) in [4.78, 5) is 29.4. The van der Waals surface area contributed by atoms with E-state index in [0.717, 1.165) is 25.7 Å². The van der Waals surface area contributed by atoms with Crippen LogP contribution >= 0.6 is 11.3 Å². The molecule has 2 atom stereocenters. The molecule has 2 aromatic rings. The maximum Gasteiger partial charge on any atom is 0.271 e. The number of nitrogens with zero attached hydrogens (tertiary/aromatic N) is 1. The fourth-order valence-electron chi connectivity index (χ4n) is 3.29. The number of halogens is 1. The molecule has 1 fully saturated rings. The summed E-state index contributed by atoms with van der Waals surface area (Å²) in [5, 5.41) is 8.37. The summed E-state index contributed by atoms with van der Waals surface area (Å²) in [6.07, 6.45) is 3.68. The number of ether oxygens (including phenoxy) is 1. The van der Waals surface area contributed by atoms with E-state index in [2.05, 4.69) is 15.6 Å². The van der Waals surface area contributed by atoms with Crippen LogP contribution in [0.2, 0.25) is 0 Å². The second kappa shape index (κ2) is 9.55. The normalized spacial score (nSPS) is 19.2. The molecule has 162 valence electrons. The molecular formula is C22H28FN3O3S. The van der Waals surface area contributed by atoms with Crippen LogP contribution in [0.1, 0.15) is 62.0 Å². The molecule has 30 heavy (non-hydrogen) atoms. The second-order valence-electron chi connectivity index (χ2n) is 8.54. The number of nitrogens with one attached hydrogen (secondary N) is 2. The van der Waals surface area contributed by atoms with Crippen molar-refractivity contribution in [2.45, 2.75) is 65.1 Å². The Morgan fingerprint density at radius 3 is 2.50 bits per heavy atom. The van der Waals surface area contributed by atoms with Gasteiger partial charge in [0.25, 0.3) is 5.91 Å². The number of aromatic nitrogens is 1. The Balaban J connectivity index is 1.58. The Labute approximate surface area is 180 Å². The predicted molar refractivity (Wildman–Crippen MR) is 114 cm³/mol. The van der Waals surface area contributed by atoms with E-state index >= 15 is 0 Å². The van der Waals surface area contributed by atoms with Crippen LogP contribution in [0, 0.1) is 11.2 Å². The van der Waals surface area contributed by atoms with Gasteiger partial charge in [-0.1, -0.05) is 45.7 Å². The Kier molecular flexibility index (Phi) is 7.07. The van der Waals surface area contributed by atoms with Crippen molar-refractivity contribution in [2.75, 3.05) is 0 Å². The van der Waals surface area contributed by atoms with E-state index in [1.165, 1.54) is 17.4 Å². The van der Waals surface area contributed by atoms with Gasteiger partial charge in [0.15, 0.2) is 11.6 Å². The minimum absolute atomic E-state index is 0.0186. The summed E-state index contributed by atoms with van der Waals surface area (Å²) in [7, 11) is 0. The molecule has 3 rings (SSSR count). The zero-order valence-corrected chi connectivity index (χ0v) is 18.4. The maximum atomic E-state index is 13.7. The third-order valence-electron chi connectivity index (χ3n) is 5.05. The highest BCUT2D eigenvalue weighted by Gasteiger charge is 2.31. The minimum Gasteiger partial charge on any atom is -0.483 e. The van der Waals surface area contributed by atoms with Gasteiger partial charge in [-0.15, -0.1) is 11.3 Å². The van der Waals surface area contributed by atoms with Crippen molar-refractivity contribution in [3.63, 3.8) is 0 Å². The Morgan fingerprint density at radius 1 is 1.17 bits per heavy atom. The average Bonchev–Trinajstić information content (AvgIpc) is 3.17. The van der Waals surface area contributed by atoms with Crippen molar-refractivity contribution in [2.24, 2.45) is 5.41 Å². The molecule has 0 bridgehead atoms. The van der Waals surface area contributed by atoms with Gasteiger partial charge in [-0.25, -0.2) is 9.37 Å². The van der Waals surface area contributed by atoms with E-state index in [4.69, 9.17) is 4.74 Å². The monoisotopic (exact) mass is 433 g/mol. The minimum atomic E-state index is -0.478. The van der Waals surface area contributed by atoms with Crippen molar-refractivity contribution in [3.05, 3.63) is 46.2 Å². The van der Waals surface area contributed by atoms with Gasteiger partial charge in [-0.05, 0) is 25.0 Å². The number of hydrogen-bond donors (Lipinski definition) is 2. The first-order chi connectivity index (χ1) is 14.2. The molecule has 0 unspecified atom stereocenters. The van der Waals surface area contributed by atoms with Crippen LogP contribution in [0.4, 0.5) is 4.39 Å². The molecule has 1 aromatic heterocycles. The van der Waals surface area contributed by atoms with E-state index < -0.39 is 11.2 Å². The van der Waals surface area contributed by atoms with E-state index in [9.17, 15) is 14.0 Å². The fraction of sp³-hybridized carbons (Fsp3) is 0.500. The SMILES string of the molecule is CC(C)(C)C(=O)N[C@H]1CCCC[C@H]1NC(=O)c1csc(COc2ccccc2F)n1. The lowest BCUT2D eigenvalue weighted by atomic mass is 9.88. The predicted octanol–water partition coefficient (Wildman–Crippen LogP) is 4.06.